The highest BCUT2D eigenvalue weighted by Gasteiger charge is 2.29. The van der Waals surface area contributed by atoms with E-state index in [1.54, 1.807) is 4.90 Å². The summed E-state index contributed by atoms with van der Waals surface area (Å²) >= 11 is 0. The fourth-order valence-corrected chi connectivity index (χ4v) is 4.37. The van der Waals surface area contributed by atoms with Gasteiger partial charge in [-0.25, -0.2) is 8.78 Å². The maximum absolute atomic E-state index is 14.0. The molecule has 2 aliphatic heterocycles. The second-order valence-corrected chi connectivity index (χ2v) is 7.96. The number of benzene rings is 1. The summed E-state index contributed by atoms with van der Waals surface area (Å²) in [6, 6.07) is 4.49. The Morgan fingerprint density at radius 1 is 1.11 bits per heavy atom. The van der Waals surface area contributed by atoms with E-state index < -0.39 is 17.5 Å². The van der Waals surface area contributed by atoms with Crippen molar-refractivity contribution in [3.63, 3.8) is 0 Å². The van der Waals surface area contributed by atoms with E-state index in [2.05, 4.69) is 16.8 Å². The van der Waals surface area contributed by atoms with Crippen molar-refractivity contribution in [3.8, 4) is 0 Å². The predicted octanol–water partition coefficient (Wildman–Crippen LogP) is 3.23. The van der Waals surface area contributed by atoms with Gasteiger partial charge in [-0.2, -0.15) is 0 Å². The minimum atomic E-state index is -1.04. The van der Waals surface area contributed by atoms with Gasteiger partial charge in [0.05, 0.1) is 5.56 Å². The summed E-state index contributed by atoms with van der Waals surface area (Å²) in [5, 5.41) is 0. The summed E-state index contributed by atoms with van der Waals surface area (Å²) < 4.78 is 27.4. The summed E-state index contributed by atoms with van der Waals surface area (Å²) in [7, 11) is 2.18. The lowest BCUT2D eigenvalue weighted by atomic mass is 9.93. The third kappa shape index (κ3) is 4.85. The van der Waals surface area contributed by atoms with Gasteiger partial charge in [0.1, 0.15) is 0 Å². The first-order valence-corrected chi connectivity index (χ1v) is 10.2. The number of hydrogen-bond acceptors (Lipinski definition) is 3. The van der Waals surface area contributed by atoms with Crippen LogP contribution in [-0.2, 0) is 0 Å². The molecule has 1 aromatic carbocycles. The highest BCUT2D eigenvalue weighted by molar-refractivity contribution is 5.94. The minimum Gasteiger partial charge on any atom is -0.339 e. The van der Waals surface area contributed by atoms with Crippen LogP contribution in [0.25, 0.3) is 0 Å². The fourth-order valence-electron chi connectivity index (χ4n) is 4.37. The van der Waals surface area contributed by atoms with Crippen LogP contribution in [0.5, 0.6) is 0 Å². The van der Waals surface area contributed by atoms with Crippen LogP contribution in [0, 0.1) is 17.6 Å². The monoisotopic (exact) mass is 379 g/mol. The van der Waals surface area contributed by atoms with Crippen LogP contribution in [0.3, 0.4) is 0 Å². The molecule has 0 N–H and O–H groups in total. The molecule has 2 heterocycles. The van der Waals surface area contributed by atoms with Crippen LogP contribution in [0.4, 0.5) is 8.78 Å². The molecule has 0 radical (unpaired) electrons. The van der Waals surface area contributed by atoms with Gasteiger partial charge in [-0.1, -0.05) is 6.07 Å². The second kappa shape index (κ2) is 9.11. The second-order valence-electron chi connectivity index (χ2n) is 7.96. The molecule has 0 aromatic heterocycles. The Balaban J connectivity index is 1.53. The van der Waals surface area contributed by atoms with Crippen molar-refractivity contribution in [2.24, 2.45) is 5.92 Å². The summed E-state index contributed by atoms with van der Waals surface area (Å²) in [6.45, 7) is 7.49. The van der Waals surface area contributed by atoms with E-state index in [4.69, 9.17) is 0 Å². The molecule has 0 aliphatic carbocycles. The van der Waals surface area contributed by atoms with Crippen LogP contribution < -0.4 is 0 Å². The van der Waals surface area contributed by atoms with E-state index in [0.29, 0.717) is 25.0 Å². The minimum absolute atomic E-state index is 0.166. The Morgan fingerprint density at radius 2 is 1.78 bits per heavy atom. The molecule has 0 spiro atoms. The third-order valence-corrected chi connectivity index (χ3v) is 6.18. The number of nitrogens with zero attached hydrogens (tertiary/aromatic N) is 3. The van der Waals surface area contributed by atoms with Crippen molar-refractivity contribution in [2.45, 2.75) is 38.6 Å². The Bertz CT molecular complexity index is 638. The average molecular weight is 379 g/mol. The fraction of sp³-hybridized carbons (Fsp3) is 0.667. The van der Waals surface area contributed by atoms with Crippen molar-refractivity contribution < 1.29 is 13.6 Å². The summed E-state index contributed by atoms with van der Waals surface area (Å²) in [4.78, 5) is 19.3. The Labute approximate surface area is 161 Å². The Kier molecular flexibility index (Phi) is 6.82. The molecule has 0 atom stereocenters. The Hall–Kier alpha value is -1.53. The number of hydrogen-bond donors (Lipinski definition) is 0. The summed E-state index contributed by atoms with van der Waals surface area (Å²) in [6.07, 6.45) is 4.59. The van der Waals surface area contributed by atoms with Crippen LogP contribution in [-0.4, -0.2) is 73.0 Å². The number of likely N-dealkylation sites (tertiary alicyclic amines) is 2. The van der Waals surface area contributed by atoms with Gasteiger partial charge in [-0.15, -0.1) is 0 Å². The van der Waals surface area contributed by atoms with E-state index in [1.807, 2.05) is 6.92 Å². The largest absolute Gasteiger partial charge is 0.339 e. The van der Waals surface area contributed by atoms with Gasteiger partial charge in [0, 0.05) is 19.1 Å². The van der Waals surface area contributed by atoms with Crippen LogP contribution in [0.15, 0.2) is 18.2 Å². The lowest BCUT2D eigenvalue weighted by Gasteiger charge is -2.41. The number of piperidine rings is 2. The zero-order valence-corrected chi connectivity index (χ0v) is 16.5. The molecule has 0 saturated carbocycles. The van der Waals surface area contributed by atoms with Crippen molar-refractivity contribution in [1.29, 1.82) is 0 Å². The maximum Gasteiger partial charge on any atom is 0.256 e. The highest BCUT2D eigenvalue weighted by Crippen LogP contribution is 2.25. The van der Waals surface area contributed by atoms with Crippen molar-refractivity contribution in [1.82, 2.24) is 14.7 Å². The number of rotatable bonds is 5. The molecule has 4 nitrogen and oxygen atoms in total. The van der Waals surface area contributed by atoms with Gasteiger partial charge in [-0.05, 0) is 83.9 Å². The molecular weight excluding hydrogens is 348 g/mol. The molecule has 27 heavy (non-hydrogen) atoms. The first-order valence-electron chi connectivity index (χ1n) is 10.2. The SMILES string of the molecule is CCN(CC1CCN(C2CCN(C)CC2)CC1)C(=O)c1cccc(F)c1F. The van der Waals surface area contributed by atoms with E-state index in [0.717, 1.165) is 32.0 Å². The van der Waals surface area contributed by atoms with Gasteiger partial charge in [0.2, 0.25) is 0 Å². The average Bonchev–Trinajstić information content (AvgIpc) is 2.69. The first kappa shape index (κ1) is 20.2. The molecular formula is C21H31F2N3O. The lowest BCUT2D eigenvalue weighted by molar-refractivity contribution is 0.0607. The van der Waals surface area contributed by atoms with E-state index in [1.165, 1.54) is 38.1 Å². The normalized spacial score (nSPS) is 20.7. The maximum atomic E-state index is 14.0. The number of carbonyl (C=O) groups is 1. The summed E-state index contributed by atoms with van der Waals surface area (Å²) in [5.74, 6) is -2.00. The van der Waals surface area contributed by atoms with Crippen molar-refractivity contribution in [2.75, 3.05) is 46.3 Å². The molecule has 2 fully saturated rings. The molecule has 3 rings (SSSR count). The molecule has 150 valence electrons. The molecule has 1 aromatic rings. The van der Waals surface area contributed by atoms with Crippen LogP contribution in [0.1, 0.15) is 43.0 Å². The lowest BCUT2D eigenvalue weighted by Crippen LogP contribution is -2.48. The van der Waals surface area contributed by atoms with Gasteiger partial charge < -0.3 is 14.7 Å². The van der Waals surface area contributed by atoms with Gasteiger partial charge in [0.25, 0.3) is 5.91 Å². The van der Waals surface area contributed by atoms with E-state index in [9.17, 15) is 13.6 Å². The molecule has 6 heteroatoms. The molecule has 2 saturated heterocycles. The summed E-state index contributed by atoms with van der Waals surface area (Å²) in [5.41, 5.74) is -0.166. The van der Waals surface area contributed by atoms with Gasteiger partial charge in [0.15, 0.2) is 11.6 Å². The number of amides is 1. The smallest absolute Gasteiger partial charge is 0.256 e. The van der Waals surface area contributed by atoms with E-state index >= 15 is 0 Å². The van der Waals surface area contributed by atoms with Gasteiger partial charge in [-0.3, -0.25) is 4.79 Å². The number of carbonyl (C=O) groups excluding carboxylic acids is 1. The standard InChI is InChI=1S/C21H31F2N3O/c1-3-25(21(27)18-5-4-6-19(22)20(18)23)15-16-7-13-26(14-8-16)17-9-11-24(2)12-10-17/h4-6,16-17H,3,7-15H2,1-2H3. The highest BCUT2D eigenvalue weighted by atomic mass is 19.2. The predicted molar refractivity (Wildman–Crippen MR) is 103 cm³/mol. The topological polar surface area (TPSA) is 26.8 Å². The third-order valence-electron chi connectivity index (χ3n) is 6.18. The van der Waals surface area contributed by atoms with Gasteiger partial charge >= 0.3 is 0 Å². The van der Waals surface area contributed by atoms with Crippen molar-refractivity contribution in [3.05, 3.63) is 35.4 Å². The number of halogens is 2. The zero-order valence-electron chi connectivity index (χ0n) is 16.5. The zero-order chi connectivity index (χ0) is 19.4. The molecule has 0 unspecified atom stereocenters. The molecule has 0 bridgehead atoms. The van der Waals surface area contributed by atoms with Crippen LogP contribution >= 0.6 is 0 Å². The quantitative estimate of drug-likeness (QED) is 0.786. The first-order chi connectivity index (χ1) is 13.0. The Morgan fingerprint density at radius 3 is 2.41 bits per heavy atom. The molecule has 1 amide bonds. The van der Waals surface area contributed by atoms with Crippen molar-refractivity contribution >= 4 is 5.91 Å². The van der Waals surface area contributed by atoms with E-state index in [-0.39, 0.29) is 5.56 Å². The van der Waals surface area contributed by atoms with Crippen LogP contribution in [0.2, 0.25) is 0 Å². The molecule has 2 aliphatic rings.